The number of aliphatic hydroxyl groups is 1. The van der Waals surface area contributed by atoms with E-state index in [0.717, 1.165) is 17.7 Å². The summed E-state index contributed by atoms with van der Waals surface area (Å²) in [6, 6.07) is 7.70. The average molecular weight is 290 g/mol. The number of rotatable bonds is 4. The van der Waals surface area contributed by atoms with Crippen LogP contribution in [0.2, 0.25) is 0 Å². The van der Waals surface area contributed by atoms with Crippen LogP contribution in [0.5, 0.6) is 5.75 Å². The standard InChI is InChI=1S/C18H26O3/c1-14(19)15-6-5-7-16(12-15)20-13-17-8-11-18(21-17)9-3-2-4-10-18/h5-7,12,14,17,19H,2-4,8-11,13H2,1H3. The van der Waals surface area contributed by atoms with Crippen LogP contribution in [0.15, 0.2) is 24.3 Å². The molecule has 2 unspecified atom stereocenters. The molecule has 3 heteroatoms. The largest absolute Gasteiger partial charge is 0.491 e. The molecule has 1 saturated carbocycles. The number of ether oxygens (including phenoxy) is 2. The van der Waals surface area contributed by atoms with Gasteiger partial charge >= 0.3 is 0 Å². The molecule has 21 heavy (non-hydrogen) atoms. The summed E-state index contributed by atoms with van der Waals surface area (Å²) in [5, 5.41) is 9.61. The summed E-state index contributed by atoms with van der Waals surface area (Å²) in [5.41, 5.74) is 1.05. The fraction of sp³-hybridized carbons (Fsp3) is 0.667. The van der Waals surface area contributed by atoms with Gasteiger partial charge in [-0.25, -0.2) is 0 Å². The molecule has 3 rings (SSSR count). The van der Waals surface area contributed by atoms with Crippen LogP contribution in [-0.4, -0.2) is 23.4 Å². The lowest BCUT2D eigenvalue weighted by molar-refractivity contribution is -0.0748. The molecule has 0 amide bonds. The van der Waals surface area contributed by atoms with Crippen molar-refractivity contribution in [3.63, 3.8) is 0 Å². The van der Waals surface area contributed by atoms with Crippen LogP contribution in [0.3, 0.4) is 0 Å². The second-order valence-electron chi connectivity index (χ2n) is 6.58. The molecule has 1 aliphatic heterocycles. The van der Waals surface area contributed by atoms with Gasteiger partial charge in [0, 0.05) is 0 Å². The molecule has 1 saturated heterocycles. The Balaban J connectivity index is 1.53. The second-order valence-corrected chi connectivity index (χ2v) is 6.58. The third-order valence-corrected chi connectivity index (χ3v) is 4.88. The highest BCUT2D eigenvalue weighted by atomic mass is 16.6. The first-order valence-corrected chi connectivity index (χ1v) is 8.26. The van der Waals surface area contributed by atoms with Crippen molar-refractivity contribution in [3.8, 4) is 5.75 Å². The van der Waals surface area contributed by atoms with Crippen molar-refractivity contribution in [1.82, 2.24) is 0 Å². The molecule has 1 spiro atoms. The van der Waals surface area contributed by atoms with E-state index in [4.69, 9.17) is 9.47 Å². The van der Waals surface area contributed by atoms with Crippen molar-refractivity contribution in [3.05, 3.63) is 29.8 Å². The smallest absolute Gasteiger partial charge is 0.119 e. The van der Waals surface area contributed by atoms with Gasteiger partial charge in [-0.1, -0.05) is 31.4 Å². The van der Waals surface area contributed by atoms with Crippen LogP contribution < -0.4 is 4.74 Å². The van der Waals surface area contributed by atoms with Crippen LogP contribution in [0.4, 0.5) is 0 Å². The van der Waals surface area contributed by atoms with Crippen LogP contribution >= 0.6 is 0 Å². The van der Waals surface area contributed by atoms with E-state index in [1.807, 2.05) is 24.3 Å². The second kappa shape index (κ2) is 6.37. The average Bonchev–Trinajstić information content (AvgIpc) is 2.89. The normalized spacial score (nSPS) is 25.9. The first kappa shape index (κ1) is 14.9. The Hall–Kier alpha value is -1.06. The van der Waals surface area contributed by atoms with E-state index in [1.54, 1.807) is 6.92 Å². The van der Waals surface area contributed by atoms with E-state index in [2.05, 4.69) is 0 Å². The summed E-state index contributed by atoms with van der Waals surface area (Å²) in [5.74, 6) is 0.821. The van der Waals surface area contributed by atoms with E-state index in [9.17, 15) is 5.11 Å². The Morgan fingerprint density at radius 3 is 2.86 bits per heavy atom. The minimum Gasteiger partial charge on any atom is -0.491 e. The molecular formula is C18H26O3. The van der Waals surface area contributed by atoms with Crippen LogP contribution in [-0.2, 0) is 4.74 Å². The van der Waals surface area contributed by atoms with Gasteiger partial charge in [0.15, 0.2) is 0 Å². The van der Waals surface area contributed by atoms with Gasteiger partial charge in [0.2, 0.25) is 0 Å². The number of hydrogen-bond donors (Lipinski definition) is 1. The molecule has 116 valence electrons. The molecule has 2 atom stereocenters. The Morgan fingerprint density at radius 2 is 2.10 bits per heavy atom. The minimum absolute atomic E-state index is 0.160. The maximum atomic E-state index is 9.61. The third kappa shape index (κ3) is 3.58. The van der Waals surface area contributed by atoms with Gasteiger partial charge in [0.05, 0.1) is 17.8 Å². The highest BCUT2D eigenvalue weighted by Crippen LogP contribution is 2.41. The summed E-state index contributed by atoms with van der Waals surface area (Å²) >= 11 is 0. The van der Waals surface area contributed by atoms with Crippen molar-refractivity contribution in [2.24, 2.45) is 0 Å². The van der Waals surface area contributed by atoms with Crippen LogP contribution in [0.1, 0.15) is 63.5 Å². The van der Waals surface area contributed by atoms with Gasteiger partial charge in [-0.05, 0) is 50.3 Å². The van der Waals surface area contributed by atoms with E-state index < -0.39 is 6.10 Å². The maximum absolute atomic E-state index is 9.61. The number of benzene rings is 1. The zero-order chi connectivity index (χ0) is 14.7. The Bertz CT molecular complexity index is 463. The van der Waals surface area contributed by atoms with Gasteiger partial charge < -0.3 is 14.6 Å². The molecule has 2 fully saturated rings. The van der Waals surface area contributed by atoms with Gasteiger partial charge in [-0.3, -0.25) is 0 Å². The van der Waals surface area contributed by atoms with E-state index in [1.165, 1.54) is 38.5 Å². The zero-order valence-corrected chi connectivity index (χ0v) is 12.9. The molecule has 1 heterocycles. The summed E-state index contributed by atoms with van der Waals surface area (Å²) in [6.45, 7) is 2.39. The number of aliphatic hydroxyl groups excluding tert-OH is 1. The minimum atomic E-state index is -0.457. The third-order valence-electron chi connectivity index (χ3n) is 4.88. The predicted octanol–water partition coefficient (Wildman–Crippen LogP) is 4.00. The molecule has 1 aromatic rings. The molecule has 1 aliphatic carbocycles. The molecule has 3 nitrogen and oxygen atoms in total. The van der Waals surface area contributed by atoms with Crippen molar-refractivity contribution < 1.29 is 14.6 Å². The predicted molar refractivity (Wildman–Crippen MR) is 82.5 cm³/mol. The monoisotopic (exact) mass is 290 g/mol. The van der Waals surface area contributed by atoms with Gasteiger partial charge in [-0.2, -0.15) is 0 Å². The summed E-state index contributed by atoms with van der Waals surface area (Å²) in [6.07, 6.45) is 8.49. The Labute approximate surface area is 127 Å². The summed E-state index contributed by atoms with van der Waals surface area (Å²) in [7, 11) is 0. The fourth-order valence-corrected chi connectivity index (χ4v) is 3.63. The van der Waals surface area contributed by atoms with E-state index >= 15 is 0 Å². The zero-order valence-electron chi connectivity index (χ0n) is 12.9. The number of hydrogen-bond acceptors (Lipinski definition) is 3. The highest BCUT2D eigenvalue weighted by molar-refractivity contribution is 5.29. The first-order chi connectivity index (χ1) is 10.2. The van der Waals surface area contributed by atoms with Gasteiger partial charge in [0.1, 0.15) is 12.4 Å². The van der Waals surface area contributed by atoms with Crippen LogP contribution in [0, 0.1) is 0 Å². The molecule has 0 bridgehead atoms. The maximum Gasteiger partial charge on any atom is 0.119 e. The van der Waals surface area contributed by atoms with Crippen molar-refractivity contribution in [2.45, 2.75) is 69.7 Å². The molecular weight excluding hydrogens is 264 g/mol. The van der Waals surface area contributed by atoms with Crippen molar-refractivity contribution in [2.75, 3.05) is 6.61 Å². The molecule has 0 aromatic heterocycles. The fourth-order valence-electron chi connectivity index (χ4n) is 3.63. The molecule has 1 N–H and O–H groups in total. The molecule has 0 radical (unpaired) electrons. The Kier molecular flexibility index (Phi) is 4.51. The van der Waals surface area contributed by atoms with Crippen LogP contribution in [0.25, 0.3) is 0 Å². The van der Waals surface area contributed by atoms with E-state index in [-0.39, 0.29) is 11.7 Å². The molecule has 2 aliphatic rings. The van der Waals surface area contributed by atoms with Gasteiger partial charge in [-0.15, -0.1) is 0 Å². The van der Waals surface area contributed by atoms with E-state index in [0.29, 0.717) is 6.61 Å². The summed E-state index contributed by atoms with van der Waals surface area (Å²) in [4.78, 5) is 0. The molecule has 1 aromatic carbocycles. The Morgan fingerprint density at radius 1 is 1.29 bits per heavy atom. The topological polar surface area (TPSA) is 38.7 Å². The lowest BCUT2D eigenvalue weighted by Crippen LogP contribution is -2.32. The van der Waals surface area contributed by atoms with Crippen molar-refractivity contribution >= 4 is 0 Å². The first-order valence-electron chi connectivity index (χ1n) is 8.26. The highest BCUT2D eigenvalue weighted by Gasteiger charge is 2.40. The van der Waals surface area contributed by atoms with Crippen molar-refractivity contribution in [1.29, 1.82) is 0 Å². The quantitative estimate of drug-likeness (QED) is 0.911. The van der Waals surface area contributed by atoms with Gasteiger partial charge in [0.25, 0.3) is 0 Å². The lowest BCUT2D eigenvalue weighted by Gasteiger charge is -2.33. The lowest BCUT2D eigenvalue weighted by atomic mass is 9.83. The summed E-state index contributed by atoms with van der Waals surface area (Å²) < 4.78 is 12.2. The SMILES string of the molecule is CC(O)c1cccc(OCC2CCC3(CCCCC3)O2)c1.